The molecule has 0 atom stereocenters. The lowest BCUT2D eigenvalue weighted by Crippen LogP contribution is -2.35. The Bertz CT molecular complexity index is 548. The fourth-order valence-electron chi connectivity index (χ4n) is 2.91. The minimum absolute atomic E-state index is 0.0503. The van der Waals surface area contributed by atoms with E-state index in [-0.39, 0.29) is 5.91 Å². The maximum absolute atomic E-state index is 12.6. The number of aromatic nitrogens is 2. The summed E-state index contributed by atoms with van der Waals surface area (Å²) in [4.78, 5) is 14.4. The Morgan fingerprint density at radius 3 is 2.90 bits per heavy atom. The van der Waals surface area contributed by atoms with Gasteiger partial charge in [0, 0.05) is 11.9 Å². The predicted molar refractivity (Wildman–Crippen MR) is 79.9 cm³/mol. The number of hydrogen-bond acceptors (Lipinski definition) is 5. The number of nitrogens with zero attached hydrogens (tertiary/aromatic N) is 3. The number of carbonyl (C=O) groups is 1. The van der Waals surface area contributed by atoms with E-state index < -0.39 is 0 Å². The number of rotatable bonds is 5. The maximum Gasteiger partial charge on any atom is 0.275 e. The van der Waals surface area contributed by atoms with Gasteiger partial charge in [-0.05, 0) is 42.4 Å². The molecule has 0 bridgehead atoms. The van der Waals surface area contributed by atoms with Crippen LogP contribution < -0.4 is 0 Å². The molecule has 0 spiro atoms. The van der Waals surface area contributed by atoms with Crippen LogP contribution in [0.15, 0.2) is 28.2 Å². The van der Waals surface area contributed by atoms with Gasteiger partial charge in [0.2, 0.25) is 0 Å². The quantitative estimate of drug-likeness (QED) is 0.850. The summed E-state index contributed by atoms with van der Waals surface area (Å²) in [5.74, 6) is 1.34. The summed E-state index contributed by atoms with van der Waals surface area (Å²) in [6.45, 7) is 1.27. The van der Waals surface area contributed by atoms with Crippen LogP contribution in [0.5, 0.6) is 0 Å². The van der Waals surface area contributed by atoms with Crippen molar-refractivity contribution in [3.8, 4) is 0 Å². The predicted octanol–water partition coefficient (Wildman–Crippen LogP) is 3.35. The molecule has 0 unspecified atom stereocenters. The average molecular weight is 305 g/mol. The molecule has 3 rings (SSSR count). The molecule has 0 radical (unpaired) electrons. The Balaban J connectivity index is 1.71. The van der Waals surface area contributed by atoms with Crippen molar-refractivity contribution in [3.63, 3.8) is 0 Å². The molecule has 0 saturated heterocycles. The van der Waals surface area contributed by atoms with Crippen LogP contribution in [-0.2, 0) is 6.54 Å². The Hall–Kier alpha value is -1.69. The number of carbonyl (C=O) groups excluding carboxylic acids is 1. The van der Waals surface area contributed by atoms with E-state index in [2.05, 4.69) is 9.59 Å². The Morgan fingerprint density at radius 2 is 2.24 bits per heavy atom. The zero-order chi connectivity index (χ0) is 14.5. The van der Waals surface area contributed by atoms with Gasteiger partial charge in [-0.3, -0.25) is 4.79 Å². The maximum atomic E-state index is 12.6. The highest BCUT2D eigenvalue weighted by Gasteiger charge is 2.24. The average Bonchev–Trinajstić information content (AvgIpc) is 3.20. The van der Waals surface area contributed by atoms with E-state index in [1.54, 1.807) is 11.6 Å². The summed E-state index contributed by atoms with van der Waals surface area (Å²) in [5.41, 5.74) is 0.433. The van der Waals surface area contributed by atoms with Crippen LogP contribution in [0.1, 0.15) is 48.4 Å². The van der Waals surface area contributed by atoms with Crippen molar-refractivity contribution >= 4 is 17.4 Å². The summed E-state index contributed by atoms with van der Waals surface area (Å²) < 4.78 is 9.18. The van der Waals surface area contributed by atoms with Crippen LogP contribution in [0, 0.1) is 5.92 Å². The first-order valence-electron chi connectivity index (χ1n) is 7.41. The molecule has 1 aliphatic carbocycles. The molecule has 1 amide bonds. The first-order chi connectivity index (χ1) is 10.3. The molecule has 1 fully saturated rings. The molecule has 0 N–H and O–H groups in total. The monoisotopic (exact) mass is 305 g/mol. The van der Waals surface area contributed by atoms with E-state index in [0.29, 0.717) is 18.2 Å². The van der Waals surface area contributed by atoms with Crippen molar-refractivity contribution in [1.82, 2.24) is 14.5 Å². The lowest BCUT2D eigenvalue weighted by Gasteiger charge is -2.28. The lowest BCUT2D eigenvalue weighted by atomic mass is 9.89. The van der Waals surface area contributed by atoms with Crippen molar-refractivity contribution in [2.24, 2.45) is 5.92 Å². The van der Waals surface area contributed by atoms with Crippen LogP contribution >= 0.6 is 11.5 Å². The topological polar surface area (TPSA) is 59.2 Å². The Labute approximate surface area is 128 Å². The molecule has 1 aliphatic rings. The standard InChI is InChI=1S/C15H19N3O2S/c19-15(14-11-21-17-16-14)18(10-13-7-4-8-20-13)9-12-5-2-1-3-6-12/h4,7-8,11-12H,1-3,5-6,9-10H2. The van der Waals surface area contributed by atoms with E-state index in [1.165, 1.54) is 43.6 Å². The highest BCUT2D eigenvalue weighted by atomic mass is 32.1. The van der Waals surface area contributed by atoms with Gasteiger partial charge in [-0.1, -0.05) is 23.8 Å². The zero-order valence-electron chi connectivity index (χ0n) is 11.9. The summed E-state index contributed by atoms with van der Waals surface area (Å²) in [5, 5.41) is 5.61. The van der Waals surface area contributed by atoms with Gasteiger partial charge in [0.15, 0.2) is 5.69 Å². The van der Waals surface area contributed by atoms with Crippen LogP contribution in [0.25, 0.3) is 0 Å². The molecule has 112 valence electrons. The van der Waals surface area contributed by atoms with Gasteiger partial charge in [-0.15, -0.1) is 5.10 Å². The fourth-order valence-corrected chi connectivity index (χ4v) is 3.34. The van der Waals surface area contributed by atoms with Gasteiger partial charge in [0.25, 0.3) is 5.91 Å². The summed E-state index contributed by atoms with van der Waals surface area (Å²) in [6.07, 6.45) is 7.91. The normalized spacial score (nSPS) is 16.0. The molecular weight excluding hydrogens is 286 g/mol. The van der Waals surface area contributed by atoms with Crippen molar-refractivity contribution in [2.75, 3.05) is 6.54 Å². The summed E-state index contributed by atoms with van der Waals surface area (Å²) >= 11 is 1.21. The smallest absolute Gasteiger partial charge is 0.275 e. The van der Waals surface area contributed by atoms with Gasteiger partial charge < -0.3 is 9.32 Å². The molecule has 5 nitrogen and oxygen atoms in total. The largest absolute Gasteiger partial charge is 0.467 e. The molecule has 0 aromatic carbocycles. The van der Waals surface area contributed by atoms with Crippen LogP contribution in [0.4, 0.5) is 0 Å². The zero-order valence-corrected chi connectivity index (χ0v) is 12.7. The van der Waals surface area contributed by atoms with Crippen LogP contribution in [0.3, 0.4) is 0 Å². The SMILES string of the molecule is O=C(c1csnn1)N(Cc1ccco1)CC1CCCCC1. The third-order valence-electron chi connectivity index (χ3n) is 4.00. The third-order valence-corrected chi connectivity index (χ3v) is 4.50. The van der Waals surface area contributed by atoms with Gasteiger partial charge in [0.05, 0.1) is 12.8 Å². The molecule has 21 heavy (non-hydrogen) atoms. The van der Waals surface area contributed by atoms with Gasteiger partial charge in [0.1, 0.15) is 5.76 Å². The second kappa shape index (κ2) is 6.85. The Morgan fingerprint density at radius 1 is 1.38 bits per heavy atom. The second-order valence-electron chi connectivity index (χ2n) is 5.56. The van der Waals surface area contributed by atoms with E-state index in [0.717, 1.165) is 12.3 Å². The Kier molecular flexibility index (Phi) is 4.65. The lowest BCUT2D eigenvalue weighted by molar-refractivity contribution is 0.0679. The molecular formula is C15H19N3O2S. The highest BCUT2D eigenvalue weighted by Crippen LogP contribution is 2.25. The van der Waals surface area contributed by atoms with Crippen molar-refractivity contribution < 1.29 is 9.21 Å². The van der Waals surface area contributed by atoms with Crippen molar-refractivity contribution in [3.05, 3.63) is 35.2 Å². The molecule has 6 heteroatoms. The van der Waals surface area contributed by atoms with Gasteiger partial charge >= 0.3 is 0 Å². The molecule has 2 aromatic heterocycles. The number of amides is 1. The van der Waals surface area contributed by atoms with Crippen LogP contribution in [0.2, 0.25) is 0 Å². The van der Waals surface area contributed by atoms with Gasteiger partial charge in [-0.25, -0.2) is 0 Å². The number of furan rings is 1. The van der Waals surface area contributed by atoms with E-state index in [1.807, 2.05) is 17.0 Å². The van der Waals surface area contributed by atoms with Gasteiger partial charge in [-0.2, -0.15) is 0 Å². The van der Waals surface area contributed by atoms with E-state index in [9.17, 15) is 4.79 Å². The second-order valence-corrected chi connectivity index (χ2v) is 6.17. The fraction of sp³-hybridized carbons (Fsp3) is 0.533. The summed E-state index contributed by atoms with van der Waals surface area (Å²) in [6, 6.07) is 3.75. The molecule has 0 aliphatic heterocycles. The third kappa shape index (κ3) is 3.69. The highest BCUT2D eigenvalue weighted by molar-refractivity contribution is 7.03. The first-order valence-corrected chi connectivity index (χ1v) is 8.25. The minimum Gasteiger partial charge on any atom is -0.467 e. The molecule has 1 saturated carbocycles. The first kappa shape index (κ1) is 14.3. The van der Waals surface area contributed by atoms with Crippen molar-refractivity contribution in [2.45, 2.75) is 38.6 Å². The molecule has 2 aromatic rings. The minimum atomic E-state index is -0.0503. The van der Waals surface area contributed by atoms with Crippen molar-refractivity contribution in [1.29, 1.82) is 0 Å². The van der Waals surface area contributed by atoms with E-state index in [4.69, 9.17) is 4.42 Å². The molecule has 2 heterocycles. The van der Waals surface area contributed by atoms with E-state index >= 15 is 0 Å². The summed E-state index contributed by atoms with van der Waals surface area (Å²) in [7, 11) is 0. The van der Waals surface area contributed by atoms with Crippen LogP contribution in [-0.4, -0.2) is 26.9 Å². The number of hydrogen-bond donors (Lipinski definition) is 0.